The number of rotatable bonds is 4. The molecule has 0 unspecified atom stereocenters. The fraction of sp³-hybridized carbons (Fsp3) is 0.364. The van der Waals surface area contributed by atoms with Gasteiger partial charge in [-0.2, -0.15) is 0 Å². The lowest BCUT2D eigenvalue weighted by Crippen LogP contribution is -2.31. The first-order valence-corrected chi connectivity index (χ1v) is 8.14. The number of halogens is 3. The fourth-order valence-electron chi connectivity index (χ4n) is 1.54. The number of nitrogens with zero attached hydrogens (tertiary/aromatic N) is 1. The monoisotopic (exact) mass is 327 g/mol. The number of benzene rings is 1. The number of amides is 1. The molecular weight excluding hydrogens is 316 g/mol. The van der Waals surface area contributed by atoms with Crippen molar-refractivity contribution in [3.63, 3.8) is 0 Å². The summed E-state index contributed by atoms with van der Waals surface area (Å²) in [5.74, 6) is -1.55. The summed E-state index contributed by atoms with van der Waals surface area (Å²) in [6.45, 7) is 4.28. The summed E-state index contributed by atoms with van der Waals surface area (Å²) in [7, 11) is 1.01. The van der Waals surface area contributed by atoms with Crippen molar-refractivity contribution in [3.8, 4) is 0 Å². The minimum Gasteiger partial charge on any atom is -0.339 e. The molecule has 1 aromatic carbocycles. The largest absolute Gasteiger partial charge is 0.339 e. The highest BCUT2D eigenvalue weighted by Crippen LogP contribution is 2.27. The smallest absolute Gasteiger partial charge is 0.261 e. The van der Waals surface area contributed by atoms with E-state index in [1.165, 1.54) is 4.90 Å². The Bertz CT molecular complexity index is 600. The molecule has 0 fully saturated rings. The SMILES string of the molecule is CCN(CC)C(=O)c1cc(S(=O)(=O)Cl)cc(F)c1Cl. The van der Waals surface area contributed by atoms with Crippen molar-refractivity contribution in [2.45, 2.75) is 18.7 Å². The number of carbonyl (C=O) groups is 1. The summed E-state index contributed by atoms with van der Waals surface area (Å²) < 4.78 is 36.0. The van der Waals surface area contributed by atoms with E-state index in [2.05, 4.69) is 0 Å². The van der Waals surface area contributed by atoms with Crippen LogP contribution in [0.3, 0.4) is 0 Å². The molecule has 19 heavy (non-hydrogen) atoms. The Labute approximate surface area is 120 Å². The van der Waals surface area contributed by atoms with Crippen molar-refractivity contribution < 1.29 is 17.6 Å². The number of hydrogen-bond donors (Lipinski definition) is 0. The van der Waals surface area contributed by atoms with Gasteiger partial charge in [-0.25, -0.2) is 12.8 Å². The van der Waals surface area contributed by atoms with Crippen LogP contribution in [0.4, 0.5) is 4.39 Å². The third-order valence-electron chi connectivity index (χ3n) is 2.56. The lowest BCUT2D eigenvalue weighted by Gasteiger charge is -2.19. The fourth-order valence-corrected chi connectivity index (χ4v) is 2.50. The second kappa shape index (κ2) is 6.07. The van der Waals surface area contributed by atoms with E-state index in [0.717, 1.165) is 6.07 Å². The van der Waals surface area contributed by atoms with Gasteiger partial charge >= 0.3 is 0 Å². The van der Waals surface area contributed by atoms with E-state index in [4.69, 9.17) is 22.3 Å². The molecule has 0 aliphatic heterocycles. The topological polar surface area (TPSA) is 54.5 Å². The minimum absolute atomic E-state index is 0.218. The first-order valence-electron chi connectivity index (χ1n) is 5.45. The van der Waals surface area contributed by atoms with Crippen LogP contribution >= 0.6 is 22.3 Å². The van der Waals surface area contributed by atoms with Crippen LogP contribution in [-0.2, 0) is 9.05 Å². The second-order valence-electron chi connectivity index (χ2n) is 3.68. The molecule has 1 amide bonds. The lowest BCUT2D eigenvalue weighted by atomic mass is 10.2. The van der Waals surface area contributed by atoms with Gasteiger partial charge in [-0.15, -0.1) is 0 Å². The van der Waals surface area contributed by atoms with Gasteiger partial charge in [0.05, 0.1) is 15.5 Å². The summed E-state index contributed by atoms with van der Waals surface area (Å²) in [5, 5.41) is -0.416. The Morgan fingerprint density at radius 1 is 1.32 bits per heavy atom. The van der Waals surface area contributed by atoms with E-state index in [9.17, 15) is 17.6 Å². The molecule has 0 spiro atoms. The van der Waals surface area contributed by atoms with Crippen LogP contribution in [0.15, 0.2) is 17.0 Å². The van der Waals surface area contributed by atoms with Gasteiger partial charge in [0.1, 0.15) is 5.82 Å². The summed E-state index contributed by atoms with van der Waals surface area (Å²) in [6.07, 6.45) is 0. The molecular formula is C11H12Cl2FNO3S. The minimum atomic E-state index is -4.13. The average molecular weight is 328 g/mol. The molecule has 0 atom stereocenters. The summed E-state index contributed by atoms with van der Waals surface area (Å²) in [5.41, 5.74) is -0.218. The van der Waals surface area contributed by atoms with Crippen LogP contribution in [0.5, 0.6) is 0 Å². The molecule has 106 valence electrons. The molecule has 1 rings (SSSR count). The molecule has 0 aliphatic rings. The van der Waals surface area contributed by atoms with Crippen LogP contribution in [0.25, 0.3) is 0 Å². The van der Waals surface area contributed by atoms with Crippen molar-refractivity contribution in [3.05, 3.63) is 28.5 Å². The lowest BCUT2D eigenvalue weighted by molar-refractivity contribution is 0.0772. The maximum Gasteiger partial charge on any atom is 0.261 e. The van der Waals surface area contributed by atoms with E-state index in [-0.39, 0.29) is 5.56 Å². The van der Waals surface area contributed by atoms with Crippen LogP contribution in [0.2, 0.25) is 5.02 Å². The van der Waals surface area contributed by atoms with Gasteiger partial charge in [-0.1, -0.05) is 11.6 Å². The third-order valence-corrected chi connectivity index (χ3v) is 4.28. The van der Waals surface area contributed by atoms with E-state index in [1.807, 2.05) is 0 Å². The number of hydrogen-bond acceptors (Lipinski definition) is 3. The van der Waals surface area contributed by atoms with Gasteiger partial charge in [0.15, 0.2) is 0 Å². The highest BCUT2D eigenvalue weighted by atomic mass is 35.7. The van der Waals surface area contributed by atoms with Gasteiger partial charge in [0.25, 0.3) is 15.0 Å². The second-order valence-corrected chi connectivity index (χ2v) is 6.63. The number of carbonyl (C=O) groups excluding carboxylic acids is 1. The van der Waals surface area contributed by atoms with Gasteiger partial charge in [-0.05, 0) is 26.0 Å². The van der Waals surface area contributed by atoms with Gasteiger partial charge < -0.3 is 4.90 Å². The van der Waals surface area contributed by atoms with Crippen molar-refractivity contribution in [1.82, 2.24) is 4.90 Å². The van der Waals surface area contributed by atoms with E-state index >= 15 is 0 Å². The van der Waals surface area contributed by atoms with Crippen LogP contribution in [0.1, 0.15) is 24.2 Å². The van der Waals surface area contributed by atoms with Crippen molar-refractivity contribution >= 4 is 37.2 Å². The zero-order valence-corrected chi connectivity index (χ0v) is 12.6. The molecule has 0 radical (unpaired) electrons. The van der Waals surface area contributed by atoms with Crippen molar-refractivity contribution in [2.75, 3.05) is 13.1 Å². The van der Waals surface area contributed by atoms with Crippen LogP contribution < -0.4 is 0 Å². The Kier molecular flexibility index (Phi) is 5.18. The Balaban J connectivity index is 3.43. The molecule has 0 aromatic heterocycles. The Hall–Kier alpha value is -0.850. The normalized spacial score (nSPS) is 11.4. The van der Waals surface area contributed by atoms with Crippen molar-refractivity contribution in [2.24, 2.45) is 0 Å². The summed E-state index contributed by atoms with van der Waals surface area (Å²) in [6, 6.07) is 1.66. The zero-order chi connectivity index (χ0) is 14.8. The van der Waals surface area contributed by atoms with Gasteiger partial charge in [0.2, 0.25) is 0 Å². The maximum atomic E-state index is 13.6. The molecule has 0 bridgehead atoms. The first kappa shape index (κ1) is 16.2. The summed E-state index contributed by atoms with van der Waals surface area (Å²) in [4.78, 5) is 13.0. The summed E-state index contributed by atoms with van der Waals surface area (Å²) >= 11 is 5.71. The third kappa shape index (κ3) is 3.58. The van der Waals surface area contributed by atoms with Crippen LogP contribution in [-0.4, -0.2) is 32.3 Å². The molecule has 8 heteroatoms. The van der Waals surface area contributed by atoms with E-state index in [0.29, 0.717) is 19.2 Å². The van der Waals surface area contributed by atoms with Crippen LogP contribution in [0, 0.1) is 5.82 Å². The van der Waals surface area contributed by atoms with Gasteiger partial charge in [-0.3, -0.25) is 4.79 Å². The maximum absolute atomic E-state index is 13.6. The predicted octanol–water partition coefficient (Wildman–Crippen LogP) is 2.89. The average Bonchev–Trinajstić information content (AvgIpc) is 2.32. The van der Waals surface area contributed by atoms with Crippen molar-refractivity contribution in [1.29, 1.82) is 0 Å². The quantitative estimate of drug-likeness (QED) is 0.799. The molecule has 0 aliphatic carbocycles. The highest BCUT2D eigenvalue weighted by molar-refractivity contribution is 8.13. The molecule has 0 saturated heterocycles. The Morgan fingerprint density at radius 2 is 1.84 bits per heavy atom. The highest BCUT2D eigenvalue weighted by Gasteiger charge is 2.23. The standard InChI is InChI=1S/C11H12Cl2FNO3S/c1-3-15(4-2)11(16)8-5-7(19(13,17)18)6-9(14)10(8)12/h5-6H,3-4H2,1-2H3. The molecule has 0 N–H and O–H groups in total. The molecule has 0 saturated carbocycles. The van der Waals surface area contributed by atoms with Gasteiger partial charge in [0, 0.05) is 23.8 Å². The Morgan fingerprint density at radius 3 is 2.26 bits per heavy atom. The predicted molar refractivity (Wildman–Crippen MR) is 71.7 cm³/mol. The molecule has 0 heterocycles. The van der Waals surface area contributed by atoms with E-state index in [1.54, 1.807) is 13.8 Å². The molecule has 4 nitrogen and oxygen atoms in total. The van der Waals surface area contributed by atoms with E-state index < -0.39 is 30.7 Å². The molecule has 1 aromatic rings. The zero-order valence-electron chi connectivity index (χ0n) is 10.3. The first-order chi connectivity index (χ1) is 8.72.